The molecule has 2 rings (SSSR count). The van der Waals surface area contributed by atoms with Crippen LogP contribution in [0.2, 0.25) is 0 Å². The second kappa shape index (κ2) is 9.46. The molecule has 0 aromatic heterocycles. The molecule has 0 saturated carbocycles. The minimum Gasteiger partial charge on any atom is -0.129 e. The van der Waals surface area contributed by atoms with Gasteiger partial charge in [-0.05, 0) is 34.9 Å². The third-order valence-corrected chi connectivity index (χ3v) is 4.46. The van der Waals surface area contributed by atoms with Gasteiger partial charge in [0.15, 0.2) is 0 Å². The largest absolute Gasteiger partial charge is 0.129 e. The Labute approximate surface area is 133 Å². The van der Waals surface area contributed by atoms with Crippen LogP contribution in [0.25, 0.3) is 5.57 Å². The first kappa shape index (κ1) is 15.9. The summed E-state index contributed by atoms with van der Waals surface area (Å²) >= 11 is 1.91. The molecule has 0 aliphatic rings. The lowest BCUT2D eigenvalue weighted by Crippen LogP contribution is -1.85. The summed E-state index contributed by atoms with van der Waals surface area (Å²) in [5.74, 6) is 1.05. The molecule has 0 aliphatic heterocycles. The zero-order valence-electron chi connectivity index (χ0n) is 12.8. The molecule has 0 saturated heterocycles. The van der Waals surface area contributed by atoms with Crippen LogP contribution < -0.4 is 0 Å². The Hall–Kier alpha value is -1.47. The van der Waals surface area contributed by atoms with Gasteiger partial charge in [0.1, 0.15) is 0 Å². The van der Waals surface area contributed by atoms with Crippen molar-refractivity contribution in [3.8, 4) is 0 Å². The fourth-order valence-corrected chi connectivity index (χ4v) is 3.23. The minimum atomic E-state index is 1.05. The summed E-state index contributed by atoms with van der Waals surface area (Å²) in [6.07, 6.45) is 5.05. The molecule has 0 amide bonds. The average molecular weight is 296 g/mol. The molecule has 0 nitrogen and oxygen atoms in total. The molecule has 0 N–H and O–H groups in total. The van der Waals surface area contributed by atoms with Crippen molar-refractivity contribution >= 4 is 17.3 Å². The summed E-state index contributed by atoms with van der Waals surface area (Å²) in [7, 11) is 0. The first-order chi connectivity index (χ1) is 10.4. The van der Waals surface area contributed by atoms with Crippen molar-refractivity contribution in [3.05, 3.63) is 77.2 Å². The highest BCUT2D eigenvalue weighted by molar-refractivity contribution is 8.01. The van der Waals surface area contributed by atoms with Crippen LogP contribution >= 0.6 is 11.8 Å². The summed E-state index contributed by atoms with van der Waals surface area (Å²) in [5.41, 5.74) is 4.24. The maximum atomic E-state index is 2.36. The Morgan fingerprint density at radius 3 is 2.24 bits per heavy atom. The second-order valence-electron chi connectivity index (χ2n) is 5.26. The maximum Gasteiger partial charge on any atom is 0.0226 e. The number of unbranched alkanes of at least 4 members (excludes halogenated alkanes) is 2. The third-order valence-electron chi connectivity index (χ3n) is 3.51. The molecule has 2 aromatic carbocycles. The first-order valence-electron chi connectivity index (χ1n) is 7.80. The van der Waals surface area contributed by atoms with E-state index in [4.69, 9.17) is 0 Å². The fourth-order valence-electron chi connectivity index (χ4n) is 2.30. The van der Waals surface area contributed by atoms with Gasteiger partial charge < -0.3 is 0 Å². The summed E-state index contributed by atoms with van der Waals surface area (Å²) in [4.78, 5) is 0. The lowest BCUT2D eigenvalue weighted by Gasteiger charge is -2.08. The summed E-state index contributed by atoms with van der Waals surface area (Å²) < 4.78 is 0. The second-order valence-corrected chi connectivity index (χ2v) is 6.12. The van der Waals surface area contributed by atoms with Crippen molar-refractivity contribution in [3.63, 3.8) is 0 Å². The van der Waals surface area contributed by atoms with E-state index in [0.29, 0.717) is 0 Å². The number of allylic oxidation sites excluding steroid dienone is 1. The smallest absolute Gasteiger partial charge is 0.0226 e. The van der Waals surface area contributed by atoms with E-state index in [1.165, 1.54) is 42.4 Å². The van der Waals surface area contributed by atoms with Crippen LogP contribution in [0.5, 0.6) is 0 Å². The predicted molar refractivity (Wildman–Crippen MR) is 96.3 cm³/mol. The molecule has 0 spiro atoms. The van der Waals surface area contributed by atoms with Crippen molar-refractivity contribution in [2.45, 2.75) is 38.4 Å². The Kier molecular flexibility index (Phi) is 7.17. The number of thioether (sulfide) groups is 1. The van der Waals surface area contributed by atoms with Gasteiger partial charge in [-0.2, -0.15) is 0 Å². The van der Waals surface area contributed by atoms with Gasteiger partial charge in [0.25, 0.3) is 0 Å². The standard InChI is InChI=1S/C20H24S/c1-2-3-6-15-20(19-13-9-5-10-14-19)17-21-16-18-11-7-4-8-12-18/h4-5,7-14,17H,2-3,6,15-16H2,1H3/b20-17-. The van der Waals surface area contributed by atoms with Crippen LogP contribution in [0.4, 0.5) is 0 Å². The van der Waals surface area contributed by atoms with Gasteiger partial charge in [-0.3, -0.25) is 0 Å². The zero-order chi connectivity index (χ0) is 14.8. The lowest BCUT2D eigenvalue weighted by atomic mass is 10.0. The normalized spacial score (nSPS) is 11.6. The Balaban J connectivity index is 1.99. The van der Waals surface area contributed by atoms with E-state index in [0.717, 1.165) is 5.75 Å². The van der Waals surface area contributed by atoms with Crippen molar-refractivity contribution in [1.29, 1.82) is 0 Å². The van der Waals surface area contributed by atoms with Crippen LogP contribution in [-0.2, 0) is 5.75 Å². The highest BCUT2D eigenvalue weighted by atomic mass is 32.2. The van der Waals surface area contributed by atoms with Crippen molar-refractivity contribution < 1.29 is 0 Å². The van der Waals surface area contributed by atoms with Crippen LogP contribution in [0, 0.1) is 0 Å². The molecular weight excluding hydrogens is 272 g/mol. The Bertz CT molecular complexity index is 528. The van der Waals surface area contributed by atoms with Gasteiger partial charge in [-0.25, -0.2) is 0 Å². The molecule has 0 fully saturated rings. The zero-order valence-corrected chi connectivity index (χ0v) is 13.6. The fraction of sp³-hybridized carbons (Fsp3) is 0.300. The molecule has 0 unspecified atom stereocenters. The Morgan fingerprint density at radius 2 is 1.57 bits per heavy atom. The van der Waals surface area contributed by atoms with E-state index < -0.39 is 0 Å². The van der Waals surface area contributed by atoms with Gasteiger partial charge in [0.2, 0.25) is 0 Å². The average Bonchev–Trinajstić information content (AvgIpc) is 2.55. The predicted octanol–water partition coefficient (Wildman–Crippen LogP) is 6.54. The van der Waals surface area contributed by atoms with Crippen LogP contribution in [0.1, 0.15) is 43.7 Å². The molecule has 21 heavy (non-hydrogen) atoms. The lowest BCUT2D eigenvalue weighted by molar-refractivity contribution is 0.735. The van der Waals surface area contributed by atoms with Crippen molar-refractivity contribution in [1.82, 2.24) is 0 Å². The van der Waals surface area contributed by atoms with Crippen LogP contribution in [0.3, 0.4) is 0 Å². The molecule has 1 heteroatoms. The van der Waals surface area contributed by atoms with Crippen LogP contribution in [-0.4, -0.2) is 0 Å². The monoisotopic (exact) mass is 296 g/mol. The van der Waals surface area contributed by atoms with E-state index in [9.17, 15) is 0 Å². The molecule has 0 radical (unpaired) electrons. The number of hydrogen-bond donors (Lipinski definition) is 0. The molecule has 0 heterocycles. The maximum absolute atomic E-state index is 2.36. The third kappa shape index (κ3) is 5.81. The molecule has 2 aromatic rings. The topological polar surface area (TPSA) is 0 Å². The number of rotatable bonds is 8. The molecule has 0 bridgehead atoms. The van der Waals surface area contributed by atoms with Gasteiger partial charge in [-0.1, -0.05) is 80.4 Å². The van der Waals surface area contributed by atoms with E-state index in [1.807, 2.05) is 11.8 Å². The van der Waals surface area contributed by atoms with Gasteiger partial charge in [-0.15, -0.1) is 11.8 Å². The minimum absolute atomic E-state index is 1.05. The first-order valence-corrected chi connectivity index (χ1v) is 8.85. The van der Waals surface area contributed by atoms with E-state index in [-0.39, 0.29) is 0 Å². The van der Waals surface area contributed by atoms with Gasteiger partial charge in [0.05, 0.1) is 0 Å². The summed E-state index contributed by atoms with van der Waals surface area (Å²) in [6, 6.07) is 21.5. The van der Waals surface area contributed by atoms with E-state index >= 15 is 0 Å². The van der Waals surface area contributed by atoms with E-state index in [2.05, 4.69) is 73.0 Å². The molecule has 0 atom stereocenters. The molecular formula is C20H24S. The van der Waals surface area contributed by atoms with Crippen LogP contribution in [0.15, 0.2) is 66.1 Å². The number of benzene rings is 2. The highest BCUT2D eigenvalue weighted by Crippen LogP contribution is 2.26. The molecule has 0 aliphatic carbocycles. The Morgan fingerprint density at radius 1 is 0.905 bits per heavy atom. The molecule has 110 valence electrons. The highest BCUT2D eigenvalue weighted by Gasteiger charge is 2.01. The van der Waals surface area contributed by atoms with E-state index in [1.54, 1.807) is 0 Å². The SMILES string of the molecule is CCCCC/C(=C/SCc1ccccc1)c1ccccc1. The van der Waals surface area contributed by atoms with Gasteiger partial charge >= 0.3 is 0 Å². The quantitative estimate of drug-likeness (QED) is 0.498. The van der Waals surface area contributed by atoms with Crippen molar-refractivity contribution in [2.24, 2.45) is 0 Å². The van der Waals surface area contributed by atoms with Gasteiger partial charge in [0, 0.05) is 5.75 Å². The summed E-state index contributed by atoms with van der Waals surface area (Å²) in [5, 5.41) is 2.36. The number of hydrogen-bond acceptors (Lipinski definition) is 1. The summed E-state index contributed by atoms with van der Waals surface area (Å²) in [6.45, 7) is 2.26. The van der Waals surface area contributed by atoms with Crippen molar-refractivity contribution in [2.75, 3.05) is 0 Å².